The van der Waals surface area contributed by atoms with Gasteiger partial charge < -0.3 is 11.1 Å². The average Bonchev–Trinajstić information content (AvgIpc) is 2.22. The van der Waals surface area contributed by atoms with Gasteiger partial charge in [-0.25, -0.2) is 8.78 Å². The number of carbonyl (C=O) groups is 1. The molecule has 1 atom stereocenters. The minimum atomic E-state index is -1.06. The number of benzene rings is 1. The van der Waals surface area contributed by atoms with Crippen LogP contribution in [0.25, 0.3) is 0 Å². The highest BCUT2D eigenvalue weighted by molar-refractivity contribution is 5.97. The summed E-state index contributed by atoms with van der Waals surface area (Å²) in [6.07, 6.45) is 1.23. The lowest BCUT2D eigenvalue weighted by Gasteiger charge is -2.22. The molecule has 1 amide bonds. The number of amides is 1. The van der Waals surface area contributed by atoms with Crippen LogP contribution in [0.1, 0.15) is 26.7 Å². The summed E-state index contributed by atoms with van der Waals surface area (Å²) >= 11 is 0. The highest BCUT2D eigenvalue weighted by Crippen LogP contribution is 2.17. The van der Waals surface area contributed by atoms with Gasteiger partial charge in [0, 0.05) is 6.07 Å². The van der Waals surface area contributed by atoms with Crippen LogP contribution in [0.3, 0.4) is 0 Å². The maximum Gasteiger partial charge on any atom is 0.244 e. The van der Waals surface area contributed by atoms with Gasteiger partial charge >= 0.3 is 0 Å². The van der Waals surface area contributed by atoms with E-state index < -0.39 is 23.1 Å². The maximum atomic E-state index is 13.3. The molecule has 18 heavy (non-hydrogen) atoms. The normalized spacial score (nSPS) is 13.4. The number of anilines is 1. The molecule has 0 radical (unpaired) electrons. The van der Waals surface area contributed by atoms with E-state index in [1.54, 1.807) is 6.92 Å². The molecule has 1 unspecified atom stereocenters. The van der Waals surface area contributed by atoms with E-state index in [9.17, 15) is 13.6 Å². The zero-order chi connectivity index (χ0) is 13.1. The zero-order valence-electron chi connectivity index (χ0n) is 10.3. The molecular formula is C12H17ClF2N2O. The lowest BCUT2D eigenvalue weighted by atomic mass is 9.96. The number of halogens is 3. The molecule has 102 valence electrons. The van der Waals surface area contributed by atoms with Crippen molar-refractivity contribution in [2.45, 2.75) is 32.2 Å². The van der Waals surface area contributed by atoms with Crippen LogP contribution >= 0.6 is 12.4 Å². The summed E-state index contributed by atoms with van der Waals surface area (Å²) in [7, 11) is 0. The van der Waals surface area contributed by atoms with Crippen molar-refractivity contribution in [3.63, 3.8) is 0 Å². The minimum absolute atomic E-state index is 0. The molecule has 0 aliphatic rings. The second kappa shape index (κ2) is 6.66. The number of hydrogen-bond donors (Lipinski definition) is 2. The largest absolute Gasteiger partial charge is 0.322 e. The van der Waals surface area contributed by atoms with Crippen LogP contribution in [0.5, 0.6) is 0 Å². The lowest BCUT2D eigenvalue weighted by Crippen LogP contribution is -2.48. The zero-order valence-corrected chi connectivity index (χ0v) is 11.1. The third-order valence-electron chi connectivity index (χ3n) is 2.47. The van der Waals surface area contributed by atoms with E-state index in [0.29, 0.717) is 12.5 Å². The van der Waals surface area contributed by atoms with Crippen molar-refractivity contribution >= 4 is 24.0 Å². The van der Waals surface area contributed by atoms with E-state index in [-0.39, 0.29) is 18.1 Å². The first kappa shape index (κ1) is 16.8. The standard InChI is InChI=1S/C12H16F2N2O.ClH/c1-3-6-12(2,15)11(17)16-10-5-4-8(13)7-9(10)14;/h4-5,7H,3,6,15H2,1-2H3,(H,16,17);1H. The molecule has 0 bridgehead atoms. The molecule has 3 N–H and O–H groups in total. The third kappa shape index (κ3) is 4.23. The second-order valence-electron chi connectivity index (χ2n) is 4.25. The fraction of sp³-hybridized carbons (Fsp3) is 0.417. The van der Waals surface area contributed by atoms with E-state index in [0.717, 1.165) is 12.5 Å². The first-order valence-corrected chi connectivity index (χ1v) is 5.42. The molecule has 1 aromatic carbocycles. The Labute approximate surface area is 111 Å². The molecular weight excluding hydrogens is 262 g/mol. The van der Waals surface area contributed by atoms with Crippen LogP contribution in [-0.4, -0.2) is 11.4 Å². The van der Waals surface area contributed by atoms with E-state index in [2.05, 4.69) is 5.32 Å². The van der Waals surface area contributed by atoms with Gasteiger partial charge in [0.25, 0.3) is 0 Å². The number of carbonyl (C=O) groups excluding carboxylic acids is 1. The Hall–Kier alpha value is -1.20. The van der Waals surface area contributed by atoms with Gasteiger partial charge in [0.2, 0.25) is 5.91 Å². The summed E-state index contributed by atoms with van der Waals surface area (Å²) in [4.78, 5) is 11.8. The van der Waals surface area contributed by atoms with Gasteiger partial charge in [0.15, 0.2) is 0 Å². The van der Waals surface area contributed by atoms with E-state index in [1.165, 1.54) is 6.07 Å². The summed E-state index contributed by atoms with van der Waals surface area (Å²) in [6, 6.07) is 2.96. The van der Waals surface area contributed by atoms with E-state index in [1.807, 2.05) is 6.92 Å². The van der Waals surface area contributed by atoms with Crippen molar-refractivity contribution in [2.24, 2.45) is 5.73 Å². The van der Waals surface area contributed by atoms with E-state index >= 15 is 0 Å². The van der Waals surface area contributed by atoms with Crippen LogP contribution in [0.2, 0.25) is 0 Å². The quantitative estimate of drug-likeness (QED) is 0.890. The second-order valence-corrected chi connectivity index (χ2v) is 4.25. The van der Waals surface area contributed by atoms with Crippen molar-refractivity contribution in [2.75, 3.05) is 5.32 Å². The molecule has 0 aromatic heterocycles. The van der Waals surface area contributed by atoms with Crippen LogP contribution in [0.4, 0.5) is 14.5 Å². The summed E-state index contributed by atoms with van der Waals surface area (Å²) < 4.78 is 26.0. The van der Waals surface area contributed by atoms with Crippen molar-refractivity contribution < 1.29 is 13.6 Å². The van der Waals surface area contributed by atoms with Gasteiger partial charge in [0.1, 0.15) is 11.6 Å². The smallest absolute Gasteiger partial charge is 0.244 e. The lowest BCUT2D eigenvalue weighted by molar-refractivity contribution is -0.120. The fourth-order valence-corrected chi connectivity index (χ4v) is 1.49. The number of nitrogens with two attached hydrogens (primary N) is 1. The Morgan fingerprint density at radius 3 is 2.56 bits per heavy atom. The minimum Gasteiger partial charge on any atom is -0.322 e. The first-order valence-electron chi connectivity index (χ1n) is 5.42. The SMILES string of the molecule is CCCC(C)(N)C(=O)Nc1ccc(F)cc1F.Cl. The Morgan fingerprint density at radius 1 is 1.44 bits per heavy atom. The van der Waals surface area contributed by atoms with Crippen molar-refractivity contribution in [1.29, 1.82) is 0 Å². The third-order valence-corrected chi connectivity index (χ3v) is 2.47. The van der Waals surface area contributed by atoms with E-state index in [4.69, 9.17) is 5.73 Å². The van der Waals surface area contributed by atoms with Crippen LogP contribution in [0.15, 0.2) is 18.2 Å². The first-order chi connectivity index (χ1) is 7.86. The van der Waals surface area contributed by atoms with Crippen LogP contribution < -0.4 is 11.1 Å². The van der Waals surface area contributed by atoms with Crippen LogP contribution in [-0.2, 0) is 4.79 Å². The Balaban J connectivity index is 0.00000289. The van der Waals surface area contributed by atoms with Gasteiger partial charge in [-0.2, -0.15) is 0 Å². The van der Waals surface area contributed by atoms with Gasteiger partial charge in [-0.15, -0.1) is 12.4 Å². The fourth-order valence-electron chi connectivity index (χ4n) is 1.49. The van der Waals surface area contributed by atoms with Gasteiger partial charge in [0.05, 0.1) is 11.2 Å². The summed E-state index contributed by atoms with van der Waals surface area (Å²) in [5, 5.41) is 2.36. The highest BCUT2D eigenvalue weighted by Gasteiger charge is 2.27. The Kier molecular flexibility index (Phi) is 6.21. The van der Waals surface area contributed by atoms with Crippen molar-refractivity contribution in [1.82, 2.24) is 0 Å². The van der Waals surface area contributed by atoms with Gasteiger partial charge in [-0.1, -0.05) is 13.3 Å². The number of nitrogens with one attached hydrogen (secondary N) is 1. The molecule has 0 aliphatic carbocycles. The molecule has 6 heteroatoms. The molecule has 0 spiro atoms. The maximum absolute atomic E-state index is 13.3. The molecule has 1 aromatic rings. The molecule has 0 heterocycles. The topological polar surface area (TPSA) is 55.1 Å². The van der Waals surface area contributed by atoms with Crippen molar-refractivity contribution in [3.8, 4) is 0 Å². The highest BCUT2D eigenvalue weighted by atomic mass is 35.5. The Morgan fingerprint density at radius 2 is 2.06 bits per heavy atom. The molecule has 0 saturated carbocycles. The molecule has 0 saturated heterocycles. The molecule has 1 rings (SSSR count). The predicted octanol–water partition coefficient (Wildman–Crippen LogP) is 2.84. The van der Waals surface area contributed by atoms with Gasteiger partial charge in [-0.05, 0) is 25.5 Å². The van der Waals surface area contributed by atoms with Gasteiger partial charge in [-0.3, -0.25) is 4.79 Å². The Bertz CT molecular complexity index is 425. The summed E-state index contributed by atoms with van der Waals surface area (Å²) in [6.45, 7) is 3.48. The average molecular weight is 279 g/mol. The van der Waals surface area contributed by atoms with Crippen LogP contribution in [0, 0.1) is 11.6 Å². The molecule has 0 aliphatic heterocycles. The predicted molar refractivity (Wildman–Crippen MR) is 69.7 cm³/mol. The number of rotatable bonds is 4. The molecule has 0 fully saturated rings. The summed E-state index contributed by atoms with van der Waals surface area (Å²) in [5.41, 5.74) is 4.66. The summed E-state index contributed by atoms with van der Waals surface area (Å²) in [5.74, 6) is -1.99. The van der Waals surface area contributed by atoms with Crippen molar-refractivity contribution in [3.05, 3.63) is 29.8 Å². The molecule has 3 nitrogen and oxygen atoms in total. The monoisotopic (exact) mass is 278 g/mol. The number of hydrogen-bond acceptors (Lipinski definition) is 2.